The molecule has 8 heteroatoms. The number of ether oxygens (including phenoxy) is 1. The highest BCUT2D eigenvalue weighted by molar-refractivity contribution is 6.32. The molecule has 0 atom stereocenters. The number of anilines is 3. The van der Waals surface area contributed by atoms with E-state index in [0.717, 1.165) is 0 Å². The molecule has 3 aromatic rings. The van der Waals surface area contributed by atoms with E-state index in [4.69, 9.17) is 16.3 Å². The first-order valence-electron chi connectivity index (χ1n) is 7.56. The summed E-state index contributed by atoms with van der Waals surface area (Å²) in [6, 6.07) is 13.9. The van der Waals surface area contributed by atoms with Gasteiger partial charge in [-0.3, -0.25) is 4.79 Å². The quantitative estimate of drug-likeness (QED) is 0.699. The second-order valence-corrected chi connectivity index (χ2v) is 5.65. The molecule has 132 valence electrons. The molecule has 0 radical (unpaired) electrons. The highest BCUT2D eigenvalue weighted by atomic mass is 35.5. The zero-order chi connectivity index (χ0) is 18.5. The van der Waals surface area contributed by atoms with Gasteiger partial charge in [0, 0.05) is 11.4 Å². The van der Waals surface area contributed by atoms with Crippen LogP contribution in [0.15, 0.2) is 54.6 Å². The Balaban J connectivity index is 1.68. The van der Waals surface area contributed by atoms with E-state index >= 15 is 0 Å². The van der Waals surface area contributed by atoms with E-state index in [1.165, 1.54) is 25.3 Å². The van der Waals surface area contributed by atoms with Gasteiger partial charge in [-0.15, -0.1) is 10.2 Å². The number of hydrogen-bond donors (Lipinski definition) is 2. The van der Waals surface area contributed by atoms with Crippen molar-refractivity contribution < 1.29 is 13.9 Å². The maximum absolute atomic E-state index is 13.2. The minimum atomic E-state index is -0.434. The van der Waals surface area contributed by atoms with Crippen LogP contribution in [0.25, 0.3) is 0 Å². The van der Waals surface area contributed by atoms with Crippen LogP contribution in [0.4, 0.5) is 21.6 Å². The van der Waals surface area contributed by atoms with Crippen LogP contribution in [0.1, 0.15) is 10.5 Å². The molecule has 2 aromatic carbocycles. The molecule has 1 amide bonds. The number of carbonyl (C=O) groups is 1. The fraction of sp³-hybridized carbons (Fsp3) is 0.0556. The number of nitrogens with zero attached hydrogens (tertiary/aromatic N) is 2. The summed E-state index contributed by atoms with van der Waals surface area (Å²) in [5.74, 6) is 0.102. The first-order valence-corrected chi connectivity index (χ1v) is 7.94. The van der Waals surface area contributed by atoms with Crippen LogP contribution in [0, 0.1) is 5.82 Å². The number of nitrogens with one attached hydrogen (secondary N) is 2. The van der Waals surface area contributed by atoms with Crippen LogP contribution in [-0.4, -0.2) is 23.2 Å². The summed E-state index contributed by atoms with van der Waals surface area (Å²) in [6.45, 7) is 0. The van der Waals surface area contributed by atoms with Gasteiger partial charge in [-0.05, 0) is 48.5 Å². The van der Waals surface area contributed by atoms with E-state index in [2.05, 4.69) is 20.8 Å². The standard InChI is InChI=1S/C18H14ClFN4O2/c1-26-16-7-5-13(10-14(16)19)22-18(25)15-6-8-17(24-23-15)21-12-4-2-3-11(20)9-12/h2-10H,1H3,(H,21,24)(H,22,25). The summed E-state index contributed by atoms with van der Waals surface area (Å²) in [5, 5.41) is 13.8. The molecule has 1 heterocycles. The summed E-state index contributed by atoms with van der Waals surface area (Å²) in [4.78, 5) is 12.2. The molecule has 0 unspecified atom stereocenters. The lowest BCUT2D eigenvalue weighted by Gasteiger charge is -2.08. The fourth-order valence-electron chi connectivity index (χ4n) is 2.17. The van der Waals surface area contributed by atoms with Crippen molar-refractivity contribution in [2.75, 3.05) is 17.7 Å². The number of hydrogen-bond acceptors (Lipinski definition) is 5. The van der Waals surface area contributed by atoms with Gasteiger partial charge in [0.15, 0.2) is 11.5 Å². The lowest BCUT2D eigenvalue weighted by atomic mass is 10.2. The van der Waals surface area contributed by atoms with Crippen LogP contribution in [-0.2, 0) is 0 Å². The van der Waals surface area contributed by atoms with Gasteiger partial charge in [-0.1, -0.05) is 17.7 Å². The lowest BCUT2D eigenvalue weighted by Crippen LogP contribution is -2.14. The zero-order valence-electron chi connectivity index (χ0n) is 13.7. The van der Waals surface area contributed by atoms with Gasteiger partial charge >= 0.3 is 0 Å². The Morgan fingerprint density at radius 3 is 2.58 bits per heavy atom. The number of methoxy groups -OCH3 is 1. The fourth-order valence-corrected chi connectivity index (χ4v) is 2.43. The van der Waals surface area contributed by atoms with Crippen molar-refractivity contribution in [2.45, 2.75) is 0 Å². The zero-order valence-corrected chi connectivity index (χ0v) is 14.4. The number of aromatic nitrogens is 2. The molecular weight excluding hydrogens is 359 g/mol. The van der Waals surface area contributed by atoms with Crippen LogP contribution >= 0.6 is 11.6 Å². The largest absolute Gasteiger partial charge is 0.495 e. The Kier molecular flexibility index (Phi) is 5.28. The van der Waals surface area contributed by atoms with Crippen molar-refractivity contribution >= 4 is 34.7 Å². The van der Waals surface area contributed by atoms with E-state index in [1.54, 1.807) is 36.4 Å². The highest BCUT2D eigenvalue weighted by Gasteiger charge is 2.10. The van der Waals surface area contributed by atoms with Crippen LogP contribution in [0.5, 0.6) is 5.75 Å². The molecule has 0 aliphatic heterocycles. The van der Waals surface area contributed by atoms with Gasteiger partial charge < -0.3 is 15.4 Å². The second kappa shape index (κ2) is 7.79. The van der Waals surface area contributed by atoms with Gasteiger partial charge in [0.2, 0.25) is 0 Å². The number of carbonyl (C=O) groups excluding carboxylic acids is 1. The van der Waals surface area contributed by atoms with Crippen molar-refractivity contribution in [3.8, 4) is 5.75 Å². The van der Waals surface area contributed by atoms with Gasteiger partial charge in [-0.25, -0.2) is 4.39 Å². The number of halogens is 2. The van der Waals surface area contributed by atoms with E-state index < -0.39 is 5.91 Å². The number of benzene rings is 2. The normalized spacial score (nSPS) is 10.3. The Hall–Kier alpha value is -3.19. The van der Waals surface area contributed by atoms with Gasteiger partial charge in [-0.2, -0.15) is 0 Å². The number of amides is 1. The van der Waals surface area contributed by atoms with Crippen molar-refractivity contribution in [3.63, 3.8) is 0 Å². The number of rotatable bonds is 5. The summed E-state index contributed by atoms with van der Waals surface area (Å²) in [7, 11) is 1.51. The topological polar surface area (TPSA) is 76.1 Å². The second-order valence-electron chi connectivity index (χ2n) is 5.24. The van der Waals surface area contributed by atoms with Gasteiger partial charge in [0.05, 0.1) is 12.1 Å². The maximum Gasteiger partial charge on any atom is 0.276 e. The molecule has 26 heavy (non-hydrogen) atoms. The molecule has 2 N–H and O–H groups in total. The van der Waals surface area contributed by atoms with Crippen molar-refractivity contribution in [3.05, 3.63) is 71.1 Å². The van der Waals surface area contributed by atoms with E-state index in [9.17, 15) is 9.18 Å². The third-order valence-corrected chi connectivity index (χ3v) is 3.70. The average molecular weight is 373 g/mol. The van der Waals surface area contributed by atoms with E-state index in [-0.39, 0.29) is 11.5 Å². The first-order chi connectivity index (χ1) is 12.5. The molecule has 0 saturated heterocycles. The predicted molar refractivity (Wildman–Crippen MR) is 97.7 cm³/mol. The summed E-state index contributed by atoms with van der Waals surface area (Å²) in [5.41, 5.74) is 1.16. The molecular formula is C18H14ClFN4O2. The Morgan fingerprint density at radius 1 is 1.08 bits per heavy atom. The molecule has 1 aromatic heterocycles. The van der Waals surface area contributed by atoms with E-state index in [1.807, 2.05) is 0 Å². The Bertz CT molecular complexity index is 935. The third-order valence-electron chi connectivity index (χ3n) is 3.40. The summed E-state index contributed by atoms with van der Waals surface area (Å²) >= 11 is 6.03. The van der Waals surface area contributed by atoms with Crippen molar-refractivity contribution in [1.82, 2.24) is 10.2 Å². The molecule has 0 aliphatic carbocycles. The van der Waals surface area contributed by atoms with Crippen molar-refractivity contribution in [2.24, 2.45) is 0 Å². The van der Waals surface area contributed by atoms with Gasteiger partial charge in [0.25, 0.3) is 5.91 Å². The smallest absolute Gasteiger partial charge is 0.276 e. The molecule has 3 rings (SSSR count). The van der Waals surface area contributed by atoms with Crippen LogP contribution in [0.2, 0.25) is 5.02 Å². The average Bonchev–Trinajstić information content (AvgIpc) is 2.62. The Labute approximate surface area is 154 Å². The summed E-state index contributed by atoms with van der Waals surface area (Å²) < 4.78 is 18.2. The molecule has 0 saturated carbocycles. The predicted octanol–water partition coefficient (Wildman–Crippen LogP) is 4.27. The van der Waals surface area contributed by atoms with Crippen LogP contribution < -0.4 is 15.4 Å². The third kappa shape index (κ3) is 4.25. The SMILES string of the molecule is COc1ccc(NC(=O)c2ccc(Nc3cccc(F)c3)nn2)cc1Cl. The lowest BCUT2D eigenvalue weighted by molar-refractivity contribution is 0.102. The monoisotopic (exact) mass is 372 g/mol. The highest BCUT2D eigenvalue weighted by Crippen LogP contribution is 2.27. The van der Waals surface area contributed by atoms with Gasteiger partial charge in [0.1, 0.15) is 11.6 Å². The minimum absolute atomic E-state index is 0.127. The molecule has 6 nitrogen and oxygen atoms in total. The molecule has 0 spiro atoms. The maximum atomic E-state index is 13.2. The molecule has 0 bridgehead atoms. The Morgan fingerprint density at radius 2 is 1.92 bits per heavy atom. The van der Waals surface area contributed by atoms with E-state index in [0.29, 0.717) is 28.0 Å². The van der Waals surface area contributed by atoms with Crippen LogP contribution in [0.3, 0.4) is 0 Å². The van der Waals surface area contributed by atoms with Crippen molar-refractivity contribution in [1.29, 1.82) is 0 Å². The molecule has 0 aliphatic rings. The molecule has 0 fully saturated rings. The minimum Gasteiger partial charge on any atom is -0.495 e. The first kappa shape index (κ1) is 17.6. The summed E-state index contributed by atoms with van der Waals surface area (Å²) in [6.07, 6.45) is 0.